The highest BCUT2D eigenvalue weighted by atomic mass is 127. The fraction of sp³-hybridized carbons (Fsp3) is 0.154. The average Bonchev–Trinajstić information content (AvgIpc) is 2.77. The highest BCUT2D eigenvalue weighted by Gasteiger charge is 2.15. The van der Waals surface area contributed by atoms with E-state index >= 15 is 0 Å². The first-order chi connectivity index (χ1) is 15.4. The van der Waals surface area contributed by atoms with Crippen LogP contribution in [-0.2, 0) is 11.2 Å². The molecule has 0 radical (unpaired) electrons. The predicted octanol–water partition coefficient (Wildman–Crippen LogP) is 6.79. The molecule has 0 aromatic heterocycles. The molecule has 6 heteroatoms. The van der Waals surface area contributed by atoms with Gasteiger partial charge in [-0.3, -0.25) is 4.79 Å². The van der Waals surface area contributed by atoms with Crippen molar-refractivity contribution in [3.63, 3.8) is 0 Å². The molecule has 0 bridgehead atoms. The molecule has 3 aromatic carbocycles. The van der Waals surface area contributed by atoms with E-state index in [9.17, 15) is 10.1 Å². The number of hydrogen-bond donors (Lipinski definition) is 1. The Morgan fingerprint density at radius 1 is 1.19 bits per heavy atom. The molecule has 0 heterocycles. The van der Waals surface area contributed by atoms with Gasteiger partial charge in [0.1, 0.15) is 17.4 Å². The number of anilines is 1. The summed E-state index contributed by atoms with van der Waals surface area (Å²) in [6.45, 7) is 4.39. The first kappa shape index (κ1) is 23.8. The van der Waals surface area contributed by atoms with Gasteiger partial charge in [0.15, 0.2) is 0 Å². The molecule has 0 fully saturated rings. The number of halogens is 2. The van der Waals surface area contributed by atoms with E-state index in [4.69, 9.17) is 16.3 Å². The van der Waals surface area contributed by atoms with Gasteiger partial charge in [-0.05, 0) is 84.0 Å². The van der Waals surface area contributed by atoms with Gasteiger partial charge < -0.3 is 10.1 Å². The van der Waals surface area contributed by atoms with Crippen molar-refractivity contribution < 1.29 is 9.53 Å². The zero-order valence-electron chi connectivity index (χ0n) is 17.8. The molecule has 0 saturated heterocycles. The van der Waals surface area contributed by atoms with Gasteiger partial charge >= 0.3 is 0 Å². The van der Waals surface area contributed by atoms with Gasteiger partial charge in [0.25, 0.3) is 5.91 Å². The summed E-state index contributed by atoms with van der Waals surface area (Å²) in [5.74, 6) is 0.256. The van der Waals surface area contributed by atoms with E-state index < -0.39 is 5.91 Å². The van der Waals surface area contributed by atoms with Crippen molar-refractivity contribution in [2.24, 2.45) is 0 Å². The second-order valence-corrected chi connectivity index (χ2v) is 8.74. The highest BCUT2D eigenvalue weighted by Crippen LogP contribution is 2.31. The number of ether oxygens (including phenoxy) is 1. The lowest BCUT2D eigenvalue weighted by Gasteiger charge is -2.15. The molecule has 4 nitrogen and oxygen atoms in total. The van der Waals surface area contributed by atoms with Crippen LogP contribution in [0.3, 0.4) is 0 Å². The lowest BCUT2D eigenvalue weighted by atomic mass is 10.0. The molecule has 1 amide bonds. The summed E-state index contributed by atoms with van der Waals surface area (Å²) in [4.78, 5) is 12.6. The number of amides is 1. The van der Waals surface area contributed by atoms with E-state index in [0.717, 1.165) is 25.8 Å². The second kappa shape index (κ2) is 11.2. The third kappa shape index (κ3) is 6.12. The molecule has 32 heavy (non-hydrogen) atoms. The monoisotopic (exact) mass is 556 g/mol. The fourth-order valence-electron chi connectivity index (χ4n) is 3.15. The molecule has 162 valence electrons. The van der Waals surface area contributed by atoms with Crippen molar-refractivity contribution in [1.29, 1.82) is 5.26 Å². The topological polar surface area (TPSA) is 62.1 Å². The van der Waals surface area contributed by atoms with Gasteiger partial charge in [-0.25, -0.2) is 0 Å². The number of hydrogen-bond acceptors (Lipinski definition) is 3. The quantitative estimate of drug-likeness (QED) is 0.198. The Kier molecular flexibility index (Phi) is 8.32. The zero-order valence-corrected chi connectivity index (χ0v) is 20.7. The number of carbonyl (C=O) groups excluding carboxylic acids is 1. The lowest BCUT2D eigenvalue weighted by molar-refractivity contribution is -0.112. The summed E-state index contributed by atoms with van der Waals surface area (Å²) in [6.07, 6.45) is 2.20. The van der Waals surface area contributed by atoms with Crippen LogP contribution >= 0.6 is 34.2 Å². The number of rotatable bonds is 7. The first-order valence-corrected chi connectivity index (χ1v) is 11.6. The molecule has 3 aromatic rings. The van der Waals surface area contributed by atoms with E-state index in [1.807, 2.05) is 80.6 Å². The zero-order chi connectivity index (χ0) is 23.1. The number of nitrogens with one attached hydrogen (secondary N) is 1. The molecule has 0 spiro atoms. The van der Waals surface area contributed by atoms with Crippen molar-refractivity contribution in [3.8, 4) is 11.8 Å². The standard InChI is InChI=1S/C26H22ClIN2O2/c1-3-32-25-14-18(13-24(28)22(25)15-19-6-4-5-7-23(19)27)12-20(16-29)26(31)30-21-10-8-17(2)9-11-21/h4-14H,3,15H2,1-2H3,(H,30,31)/b20-12+. The number of carbonyl (C=O) groups is 1. The number of nitriles is 1. The Hall–Kier alpha value is -2.82. The van der Waals surface area contributed by atoms with Crippen molar-refractivity contribution in [2.45, 2.75) is 20.3 Å². The summed E-state index contributed by atoms with van der Waals surface area (Å²) < 4.78 is 6.86. The van der Waals surface area contributed by atoms with Gasteiger partial charge in [0.05, 0.1) is 6.61 Å². The van der Waals surface area contributed by atoms with Gasteiger partial charge in [-0.15, -0.1) is 0 Å². The maximum Gasteiger partial charge on any atom is 0.266 e. The fourth-order valence-corrected chi connectivity index (χ4v) is 4.17. The van der Waals surface area contributed by atoms with Crippen molar-refractivity contribution in [2.75, 3.05) is 11.9 Å². The van der Waals surface area contributed by atoms with Crippen LogP contribution in [0.15, 0.2) is 66.2 Å². The Morgan fingerprint density at radius 3 is 2.56 bits per heavy atom. The maximum absolute atomic E-state index is 12.6. The molecule has 0 saturated carbocycles. The third-order valence-electron chi connectivity index (χ3n) is 4.79. The molecule has 0 unspecified atom stereocenters. The van der Waals surface area contributed by atoms with Crippen molar-refractivity contribution in [1.82, 2.24) is 0 Å². The van der Waals surface area contributed by atoms with Gasteiger partial charge in [-0.1, -0.05) is 47.5 Å². The Labute approximate surface area is 207 Å². The van der Waals surface area contributed by atoms with Gasteiger partial charge in [0.2, 0.25) is 0 Å². The maximum atomic E-state index is 12.6. The van der Waals surface area contributed by atoms with E-state index in [-0.39, 0.29) is 5.57 Å². The van der Waals surface area contributed by atoms with Crippen LogP contribution < -0.4 is 10.1 Å². The average molecular weight is 557 g/mol. The summed E-state index contributed by atoms with van der Waals surface area (Å²) in [6, 6.07) is 20.9. The minimum atomic E-state index is -0.454. The third-order valence-corrected chi connectivity index (χ3v) is 6.12. The minimum absolute atomic E-state index is 0.0164. The predicted molar refractivity (Wildman–Crippen MR) is 138 cm³/mol. The van der Waals surface area contributed by atoms with Crippen molar-refractivity contribution in [3.05, 3.63) is 97.1 Å². The lowest BCUT2D eigenvalue weighted by Crippen LogP contribution is -2.13. The summed E-state index contributed by atoms with van der Waals surface area (Å²) in [5, 5.41) is 13.0. The van der Waals surface area contributed by atoms with Crippen LogP contribution in [0.1, 0.15) is 29.2 Å². The van der Waals surface area contributed by atoms with Crippen LogP contribution in [-0.4, -0.2) is 12.5 Å². The van der Waals surface area contributed by atoms with E-state index in [1.165, 1.54) is 0 Å². The molecule has 0 atom stereocenters. The largest absolute Gasteiger partial charge is 0.494 e. The van der Waals surface area contributed by atoms with E-state index in [0.29, 0.717) is 29.5 Å². The molecule has 3 rings (SSSR count). The van der Waals surface area contributed by atoms with E-state index in [2.05, 4.69) is 27.9 Å². The molecule has 1 N–H and O–H groups in total. The SMILES string of the molecule is CCOc1cc(/C=C(\C#N)C(=O)Nc2ccc(C)cc2)cc(I)c1Cc1ccccc1Cl. The minimum Gasteiger partial charge on any atom is -0.494 e. The Morgan fingerprint density at radius 2 is 1.91 bits per heavy atom. The van der Waals surface area contributed by atoms with Gasteiger partial charge in [0, 0.05) is 26.3 Å². The summed E-state index contributed by atoms with van der Waals surface area (Å²) >= 11 is 8.60. The molecule has 0 aliphatic heterocycles. The van der Waals surface area contributed by atoms with Crippen LogP contribution in [0, 0.1) is 21.8 Å². The summed E-state index contributed by atoms with van der Waals surface area (Å²) in [5.41, 5.74) is 4.49. The second-order valence-electron chi connectivity index (χ2n) is 7.17. The Balaban J connectivity index is 1.91. The smallest absolute Gasteiger partial charge is 0.266 e. The first-order valence-electron chi connectivity index (χ1n) is 10.1. The van der Waals surface area contributed by atoms with E-state index in [1.54, 1.807) is 6.08 Å². The molecular formula is C26H22ClIN2O2. The number of nitrogens with zero attached hydrogens (tertiary/aromatic N) is 1. The number of aryl methyl sites for hydroxylation is 1. The van der Waals surface area contributed by atoms with Crippen LogP contribution in [0.2, 0.25) is 5.02 Å². The molecule has 0 aliphatic carbocycles. The molecular weight excluding hydrogens is 535 g/mol. The van der Waals surface area contributed by atoms with Gasteiger partial charge in [-0.2, -0.15) is 5.26 Å². The normalized spacial score (nSPS) is 11.0. The molecule has 0 aliphatic rings. The summed E-state index contributed by atoms with van der Waals surface area (Å²) in [7, 11) is 0. The van der Waals surface area contributed by atoms with Crippen LogP contribution in [0.5, 0.6) is 5.75 Å². The van der Waals surface area contributed by atoms with Crippen LogP contribution in [0.25, 0.3) is 6.08 Å². The highest BCUT2D eigenvalue weighted by molar-refractivity contribution is 14.1. The van der Waals surface area contributed by atoms with Crippen LogP contribution in [0.4, 0.5) is 5.69 Å². The Bertz CT molecular complexity index is 1200. The number of benzene rings is 3. The van der Waals surface area contributed by atoms with Crippen molar-refractivity contribution >= 4 is 51.9 Å².